The Balaban J connectivity index is 1.62. The van der Waals surface area contributed by atoms with Gasteiger partial charge in [0.25, 0.3) is 0 Å². The number of aromatic nitrogens is 2. The molecule has 10 heteroatoms. The van der Waals surface area contributed by atoms with Crippen LogP contribution in [0.15, 0.2) is 54.6 Å². The van der Waals surface area contributed by atoms with E-state index in [-0.39, 0.29) is 30.6 Å². The van der Waals surface area contributed by atoms with E-state index in [4.69, 9.17) is 14.2 Å². The van der Waals surface area contributed by atoms with Gasteiger partial charge in [-0.1, -0.05) is 43.7 Å². The Hall–Kier alpha value is -4.18. The molecule has 5 rings (SSSR count). The van der Waals surface area contributed by atoms with Crippen LogP contribution in [0.5, 0.6) is 23.0 Å². The number of ether oxygens (including phenoxy) is 3. The molecular weight excluding hydrogens is 559 g/mol. The van der Waals surface area contributed by atoms with Crippen molar-refractivity contribution in [3.8, 4) is 34.4 Å². The van der Waals surface area contributed by atoms with Crippen molar-refractivity contribution in [2.45, 2.75) is 66.0 Å². The Labute approximate surface area is 249 Å². The monoisotopic (exact) mass is 595 g/mol. The molecule has 7 nitrogen and oxygen atoms in total. The Bertz CT molecular complexity index is 1580. The van der Waals surface area contributed by atoms with Crippen molar-refractivity contribution in [2.75, 3.05) is 13.9 Å². The molecule has 0 amide bonds. The number of hydrogen-bond donors (Lipinski definition) is 1. The Morgan fingerprint density at radius 2 is 1.65 bits per heavy atom. The first-order valence-electron chi connectivity index (χ1n) is 14.3. The summed E-state index contributed by atoms with van der Waals surface area (Å²) in [6.45, 7) is 6.81. The quantitative estimate of drug-likeness (QED) is 0.192. The summed E-state index contributed by atoms with van der Waals surface area (Å²) in [5, 5.41) is 10.3. The summed E-state index contributed by atoms with van der Waals surface area (Å²) in [5.74, 6) is 2.14. The minimum Gasteiger partial charge on any atom is -0.507 e. The number of aryl methyl sites for hydroxylation is 2. The minimum absolute atomic E-state index is 0.0197. The number of para-hydroxylation sites is 1. The number of nitrogens with zero attached hydrogens (tertiary/aromatic N) is 3. The van der Waals surface area contributed by atoms with Crippen LogP contribution in [0.2, 0.25) is 0 Å². The van der Waals surface area contributed by atoms with Gasteiger partial charge in [-0.25, -0.2) is 4.98 Å². The van der Waals surface area contributed by atoms with Gasteiger partial charge >= 0.3 is 6.18 Å². The largest absolute Gasteiger partial charge is 0.507 e. The van der Waals surface area contributed by atoms with E-state index in [0.29, 0.717) is 60.0 Å². The van der Waals surface area contributed by atoms with Gasteiger partial charge in [0.05, 0.1) is 18.4 Å². The van der Waals surface area contributed by atoms with Crippen LogP contribution >= 0.6 is 0 Å². The average Bonchev–Trinajstić information content (AvgIpc) is 3.59. The van der Waals surface area contributed by atoms with Crippen molar-refractivity contribution < 1.29 is 32.5 Å². The molecule has 0 saturated heterocycles. The number of unbranched alkanes of at least 4 members (excludes halogenated alkanes) is 1. The van der Waals surface area contributed by atoms with Crippen LogP contribution in [0.4, 0.5) is 13.2 Å². The predicted molar refractivity (Wildman–Crippen MR) is 157 cm³/mol. The molecule has 0 atom stereocenters. The van der Waals surface area contributed by atoms with Crippen molar-refractivity contribution >= 4 is 0 Å². The molecule has 0 unspecified atom stereocenters. The summed E-state index contributed by atoms with van der Waals surface area (Å²) in [4.78, 5) is 6.19. The van der Waals surface area contributed by atoms with Gasteiger partial charge in [0.15, 0.2) is 17.2 Å². The second-order valence-corrected chi connectivity index (χ2v) is 10.8. The smallest absolute Gasteiger partial charge is 0.435 e. The molecule has 43 heavy (non-hydrogen) atoms. The molecule has 0 fully saturated rings. The molecule has 0 saturated carbocycles. The van der Waals surface area contributed by atoms with Crippen LogP contribution in [-0.2, 0) is 32.4 Å². The van der Waals surface area contributed by atoms with E-state index in [1.165, 1.54) is 7.11 Å². The lowest BCUT2D eigenvalue weighted by molar-refractivity contribution is -0.141. The fourth-order valence-electron chi connectivity index (χ4n) is 5.54. The number of alkyl halides is 3. The third-order valence-corrected chi connectivity index (χ3v) is 7.60. The van der Waals surface area contributed by atoms with Crippen molar-refractivity contribution in [1.29, 1.82) is 0 Å². The molecule has 0 aliphatic carbocycles. The van der Waals surface area contributed by atoms with Crippen molar-refractivity contribution in [1.82, 2.24) is 14.5 Å². The first-order chi connectivity index (χ1) is 20.6. The zero-order chi connectivity index (χ0) is 30.7. The van der Waals surface area contributed by atoms with E-state index in [9.17, 15) is 18.3 Å². The predicted octanol–water partition coefficient (Wildman–Crippen LogP) is 7.63. The molecular formula is C33H36F3N3O4. The fraction of sp³-hybridized carbons (Fsp3) is 0.364. The number of imidazole rings is 1. The van der Waals surface area contributed by atoms with Crippen LogP contribution in [0.1, 0.15) is 53.4 Å². The summed E-state index contributed by atoms with van der Waals surface area (Å²) < 4.78 is 62.3. The standard InChI is InChI=1S/C33H36F3N3O4/c1-5-6-13-39-26(31(33(34,35)36)37-32(39)25-9-7-8-10-27(25)41-4)19-38(18-24-14-21(2)30(40)22(3)15-24)17-23-11-12-28-29(16-23)43-20-42-28/h7-12,14-16,40H,5-6,13,17-20H2,1-4H3. The number of rotatable bonds is 11. The first kappa shape index (κ1) is 30.3. The molecule has 1 N–H and O–H groups in total. The molecule has 228 valence electrons. The first-order valence-corrected chi connectivity index (χ1v) is 14.3. The summed E-state index contributed by atoms with van der Waals surface area (Å²) >= 11 is 0. The summed E-state index contributed by atoms with van der Waals surface area (Å²) in [5.41, 5.74) is 2.86. The second-order valence-electron chi connectivity index (χ2n) is 10.8. The number of methoxy groups -OCH3 is 1. The summed E-state index contributed by atoms with van der Waals surface area (Å²) in [6, 6.07) is 16.3. The van der Waals surface area contributed by atoms with Crippen molar-refractivity contribution in [3.05, 3.63) is 88.2 Å². The topological polar surface area (TPSA) is 69.0 Å². The number of hydrogen-bond acceptors (Lipinski definition) is 6. The van der Waals surface area contributed by atoms with Gasteiger partial charge in [0.2, 0.25) is 6.79 Å². The molecule has 1 aromatic heterocycles. The number of halogens is 3. The Morgan fingerprint density at radius 1 is 0.953 bits per heavy atom. The van der Waals surface area contributed by atoms with Crippen LogP contribution in [0, 0.1) is 13.8 Å². The van der Waals surface area contributed by atoms with Gasteiger partial charge in [-0.05, 0) is 66.8 Å². The van der Waals surface area contributed by atoms with Crippen molar-refractivity contribution in [3.63, 3.8) is 0 Å². The lowest BCUT2D eigenvalue weighted by Gasteiger charge is -2.25. The molecule has 4 aromatic rings. The summed E-state index contributed by atoms with van der Waals surface area (Å²) in [6.07, 6.45) is -3.18. The highest BCUT2D eigenvalue weighted by Gasteiger charge is 2.40. The average molecular weight is 596 g/mol. The van der Waals surface area contributed by atoms with Gasteiger partial charge in [0.1, 0.15) is 17.3 Å². The zero-order valence-electron chi connectivity index (χ0n) is 24.8. The number of fused-ring (bicyclic) bond motifs is 1. The van der Waals surface area contributed by atoms with E-state index in [2.05, 4.69) is 4.98 Å². The molecule has 1 aliphatic rings. The lowest BCUT2D eigenvalue weighted by atomic mass is 10.0. The lowest BCUT2D eigenvalue weighted by Crippen LogP contribution is -2.26. The van der Waals surface area contributed by atoms with Gasteiger partial charge in [-0.3, -0.25) is 4.90 Å². The highest BCUT2D eigenvalue weighted by molar-refractivity contribution is 5.65. The van der Waals surface area contributed by atoms with E-state index in [1.54, 1.807) is 28.8 Å². The Kier molecular flexibility index (Phi) is 8.87. The van der Waals surface area contributed by atoms with Gasteiger partial charge in [-0.2, -0.15) is 13.2 Å². The highest BCUT2D eigenvalue weighted by Crippen LogP contribution is 2.39. The molecule has 0 bridgehead atoms. The van der Waals surface area contributed by atoms with Gasteiger partial charge in [0, 0.05) is 26.2 Å². The summed E-state index contributed by atoms with van der Waals surface area (Å²) in [7, 11) is 1.50. The van der Waals surface area contributed by atoms with Gasteiger partial charge < -0.3 is 23.9 Å². The van der Waals surface area contributed by atoms with E-state index in [1.807, 2.05) is 56.0 Å². The maximum Gasteiger partial charge on any atom is 0.435 e. The van der Waals surface area contributed by atoms with Crippen LogP contribution in [-0.4, -0.2) is 33.5 Å². The molecule has 0 spiro atoms. The number of aromatic hydroxyl groups is 1. The second kappa shape index (κ2) is 12.6. The van der Waals surface area contributed by atoms with E-state index in [0.717, 1.165) is 17.5 Å². The number of phenols is 1. The molecule has 1 aliphatic heterocycles. The van der Waals surface area contributed by atoms with Crippen LogP contribution < -0.4 is 14.2 Å². The highest BCUT2D eigenvalue weighted by atomic mass is 19.4. The number of benzene rings is 3. The van der Waals surface area contributed by atoms with Crippen LogP contribution in [0.3, 0.4) is 0 Å². The molecule has 0 radical (unpaired) electrons. The van der Waals surface area contributed by atoms with Crippen molar-refractivity contribution in [2.24, 2.45) is 0 Å². The maximum absolute atomic E-state index is 14.7. The normalized spacial score (nSPS) is 12.7. The third-order valence-electron chi connectivity index (χ3n) is 7.60. The van der Waals surface area contributed by atoms with E-state index >= 15 is 0 Å². The zero-order valence-corrected chi connectivity index (χ0v) is 24.8. The Morgan fingerprint density at radius 3 is 2.35 bits per heavy atom. The minimum atomic E-state index is -4.67. The van der Waals surface area contributed by atoms with Gasteiger partial charge in [-0.15, -0.1) is 0 Å². The molecule has 2 heterocycles. The van der Waals surface area contributed by atoms with E-state index < -0.39 is 11.9 Å². The third kappa shape index (κ3) is 6.59. The maximum atomic E-state index is 14.7. The van der Waals surface area contributed by atoms with Crippen LogP contribution in [0.25, 0.3) is 11.4 Å². The SMILES string of the molecule is CCCCn1c(-c2ccccc2OC)nc(C(F)(F)F)c1CN(Cc1cc(C)c(O)c(C)c1)Cc1ccc2c(c1)OCO2. The fourth-order valence-corrected chi connectivity index (χ4v) is 5.54. The molecule has 3 aromatic carbocycles. The number of phenolic OH excluding ortho intramolecular Hbond substituents is 1.